The van der Waals surface area contributed by atoms with E-state index in [1.54, 1.807) is 0 Å². The number of ether oxygens (including phenoxy) is 1. The van der Waals surface area contributed by atoms with Crippen molar-refractivity contribution in [3.63, 3.8) is 0 Å². The minimum Gasteiger partial charge on any atom is -0.457 e. The number of benzene rings is 9. The molecule has 4 heteroatoms. The maximum absolute atomic E-state index is 6.76. The third kappa shape index (κ3) is 5.17. The van der Waals surface area contributed by atoms with E-state index in [1.165, 1.54) is 69.1 Å². The largest absolute Gasteiger partial charge is 0.457 e. The predicted octanol–water partition coefficient (Wildman–Crippen LogP) is 12.2. The van der Waals surface area contributed by atoms with E-state index in [0.717, 1.165) is 28.6 Å². The Labute approximate surface area is 349 Å². The van der Waals surface area contributed by atoms with Crippen LogP contribution < -0.4 is 25.2 Å². The first-order valence-corrected chi connectivity index (χ1v) is 22.8. The summed E-state index contributed by atoms with van der Waals surface area (Å²) in [4.78, 5) is 2.43. The van der Waals surface area contributed by atoms with Gasteiger partial charge >= 0.3 is 0 Å². The topological polar surface area (TPSA) is 12.5 Å². The van der Waals surface area contributed by atoms with Gasteiger partial charge in [-0.3, -0.25) is 0 Å². The molecule has 1 atom stereocenters. The van der Waals surface area contributed by atoms with Crippen LogP contribution >= 0.6 is 11.3 Å². The van der Waals surface area contributed by atoms with Crippen LogP contribution in [0.5, 0.6) is 11.5 Å². The van der Waals surface area contributed by atoms with Gasteiger partial charge in [0.2, 0.25) is 0 Å². The van der Waals surface area contributed by atoms with Crippen LogP contribution in [0.25, 0.3) is 31.3 Å². The van der Waals surface area contributed by atoms with Crippen LogP contribution in [0.4, 0.5) is 17.1 Å². The lowest BCUT2D eigenvalue weighted by atomic mass is 9.63. The third-order valence-corrected chi connectivity index (χ3v) is 17.0. The number of fused-ring (bicyclic) bond motifs is 11. The SMILES string of the molecule is c1ccc(N(c2ccc(-c3cccc4c3sc3ccccc34)cc2)c2ccc3c(c2)C2(c4ccccc4Oc4ccccc42)c2ccccc2[SiH]3c2ccccc2)cc1. The summed E-state index contributed by atoms with van der Waals surface area (Å²) in [6.07, 6.45) is 0. The van der Waals surface area contributed by atoms with E-state index in [4.69, 9.17) is 4.74 Å². The molecule has 2 nitrogen and oxygen atoms in total. The summed E-state index contributed by atoms with van der Waals surface area (Å²) in [5.74, 6) is 1.81. The van der Waals surface area contributed by atoms with Crippen molar-refractivity contribution in [2.75, 3.05) is 4.90 Å². The fourth-order valence-corrected chi connectivity index (χ4v) is 14.8. The fraction of sp³-hybridized carbons (Fsp3) is 0.0182. The average Bonchev–Trinajstić information content (AvgIpc) is 3.69. The average molecular weight is 788 g/mol. The van der Waals surface area contributed by atoms with Gasteiger partial charge in [0.15, 0.2) is 0 Å². The van der Waals surface area contributed by atoms with Crippen molar-refractivity contribution in [1.82, 2.24) is 0 Å². The molecule has 3 heterocycles. The van der Waals surface area contributed by atoms with E-state index < -0.39 is 14.2 Å². The van der Waals surface area contributed by atoms with Gasteiger partial charge in [-0.1, -0.05) is 169 Å². The van der Waals surface area contributed by atoms with Crippen LogP contribution in [0.1, 0.15) is 22.3 Å². The van der Waals surface area contributed by atoms with Gasteiger partial charge in [0.1, 0.15) is 20.3 Å². The Bertz CT molecular complexity index is 3160. The summed E-state index contributed by atoms with van der Waals surface area (Å²) in [5.41, 5.74) is 10.3. The van der Waals surface area contributed by atoms with Crippen molar-refractivity contribution in [2.45, 2.75) is 5.41 Å². The molecular formula is C55H37NOSSi. The molecule has 9 aromatic carbocycles. The van der Waals surface area contributed by atoms with Crippen molar-refractivity contribution < 1.29 is 4.74 Å². The van der Waals surface area contributed by atoms with Gasteiger partial charge in [-0.15, -0.1) is 11.3 Å². The molecule has 0 saturated carbocycles. The molecule has 278 valence electrons. The van der Waals surface area contributed by atoms with Crippen LogP contribution in [-0.4, -0.2) is 8.80 Å². The highest BCUT2D eigenvalue weighted by Gasteiger charge is 2.51. The molecule has 2 aliphatic rings. The molecule has 12 rings (SSSR count). The summed E-state index contributed by atoms with van der Waals surface area (Å²) in [6.45, 7) is 0. The first-order valence-electron chi connectivity index (χ1n) is 20.3. The Kier molecular flexibility index (Phi) is 7.84. The van der Waals surface area contributed by atoms with E-state index in [1.807, 2.05) is 11.3 Å². The molecule has 1 spiro atoms. The highest BCUT2D eigenvalue weighted by Crippen LogP contribution is 2.56. The summed E-state index contributed by atoms with van der Waals surface area (Å²) in [5, 5.41) is 6.94. The van der Waals surface area contributed by atoms with Crippen molar-refractivity contribution in [1.29, 1.82) is 0 Å². The second-order valence-electron chi connectivity index (χ2n) is 15.5. The molecule has 10 aromatic rings. The number of rotatable bonds is 5. The van der Waals surface area contributed by atoms with Crippen molar-refractivity contribution in [2.24, 2.45) is 0 Å². The lowest BCUT2D eigenvalue weighted by molar-refractivity contribution is 0.435. The van der Waals surface area contributed by atoms with Gasteiger partial charge in [-0.05, 0) is 87.2 Å². The fourth-order valence-electron chi connectivity index (χ4n) is 10.0. The van der Waals surface area contributed by atoms with Crippen molar-refractivity contribution in [3.05, 3.63) is 241 Å². The molecular weight excluding hydrogens is 751 g/mol. The highest BCUT2D eigenvalue weighted by atomic mass is 32.1. The molecule has 0 aliphatic carbocycles. The number of hydrogen-bond acceptors (Lipinski definition) is 3. The van der Waals surface area contributed by atoms with Crippen molar-refractivity contribution >= 4 is 72.9 Å². The van der Waals surface area contributed by atoms with E-state index in [0.29, 0.717) is 0 Å². The van der Waals surface area contributed by atoms with Crippen LogP contribution in [0, 0.1) is 0 Å². The van der Waals surface area contributed by atoms with Gasteiger partial charge in [-0.2, -0.15) is 0 Å². The van der Waals surface area contributed by atoms with E-state index in [2.05, 4.69) is 223 Å². The lowest BCUT2D eigenvalue weighted by Gasteiger charge is -2.47. The van der Waals surface area contributed by atoms with Gasteiger partial charge < -0.3 is 9.64 Å². The molecule has 1 aromatic heterocycles. The van der Waals surface area contributed by atoms with E-state index in [-0.39, 0.29) is 0 Å². The van der Waals surface area contributed by atoms with Crippen LogP contribution in [-0.2, 0) is 5.41 Å². The molecule has 2 aliphatic heterocycles. The van der Waals surface area contributed by atoms with Crippen molar-refractivity contribution in [3.8, 4) is 22.6 Å². The van der Waals surface area contributed by atoms with Gasteiger partial charge in [0.25, 0.3) is 0 Å². The Morgan fingerprint density at radius 2 is 1.00 bits per heavy atom. The Morgan fingerprint density at radius 1 is 0.424 bits per heavy atom. The molecule has 0 fully saturated rings. The number of para-hydroxylation sites is 3. The summed E-state index contributed by atoms with van der Waals surface area (Å²) >= 11 is 1.88. The van der Waals surface area contributed by atoms with Crippen LogP contribution in [0.3, 0.4) is 0 Å². The normalized spacial score (nSPS) is 14.5. The Morgan fingerprint density at radius 3 is 1.76 bits per heavy atom. The number of nitrogens with zero attached hydrogens (tertiary/aromatic N) is 1. The minimum atomic E-state index is -1.94. The van der Waals surface area contributed by atoms with E-state index in [9.17, 15) is 0 Å². The monoisotopic (exact) mass is 787 g/mol. The standard InChI is InChI=1S/C55H37NOSSi/c1-3-16-38(17-4-1)56(39-32-30-37(31-33-39)42-21-15-22-44-43-20-7-13-28-51(43)58-54(42)44)40-34-35-53-48(36-40)55(45-23-8-11-26-49(45)57-50-27-12-9-24-46(50)55)47-25-10-14-29-52(47)59(53)41-18-5-2-6-19-41/h1-36,59H. The Hall–Kier alpha value is -6.98. The highest BCUT2D eigenvalue weighted by molar-refractivity contribution is 7.26. The van der Waals surface area contributed by atoms with Gasteiger partial charge in [0, 0.05) is 48.4 Å². The zero-order valence-corrected chi connectivity index (χ0v) is 34.1. The molecule has 0 bridgehead atoms. The third-order valence-electron chi connectivity index (χ3n) is 12.5. The second-order valence-corrected chi connectivity index (χ2v) is 19.4. The quantitative estimate of drug-likeness (QED) is 0.161. The zero-order chi connectivity index (χ0) is 38.9. The lowest BCUT2D eigenvalue weighted by Crippen LogP contribution is -2.62. The summed E-state index contributed by atoms with van der Waals surface area (Å²) in [7, 11) is -1.94. The molecule has 0 N–H and O–H groups in total. The number of thiophene rings is 1. The minimum absolute atomic E-state index is 0.596. The predicted molar refractivity (Wildman–Crippen MR) is 250 cm³/mol. The van der Waals surface area contributed by atoms with Crippen LogP contribution in [0.2, 0.25) is 0 Å². The summed E-state index contributed by atoms with van der Waals surface area (Å²) in [6, 6.07) is 80.6. The maximum atomic E-state index is 6.76. The van der Waals surface area contributed by atoms with Gasteiger partial charge in [-0.25, -0.2) is 0 Å². The first-order chi connectivity index (χ1) is 29.3. The molecule has 0 radical (unpaired) electrons. The van der Waals surface area contributed by atoms with E-state index >= 15 is 0 Å². The maximum Gasteiger partial charge on any atom is 0.133 e. The molecule has 0 amide bonds. The smallest absolute Gasteiger partial charge is 0.133 e. The van der Waals surface area contributed by atoms with Crippen LogP contribution in [0.15, 0.2) is 218 Å². The zero-order valence-electron chi connectivity index (χ0n) is 32.1. The number of anilines is 3. The molecule has 59 heavy (non-hydrogen) atoms. The Balaban J connectivity index is 1.10. The van der Waals surface area contributed by atoms with Gasteiger partial charge in [0.05, 0.1) is 5.41 Å². The number of hydrogen-bond donors (Lipinski definition) is 0. The second kappa shape index (κ2) is 13.6. The molecule has 0 saturated heterocycles. The molecule has 1 unspecified atom stereocenters. The first kappa shape index (κ1) is 34.1. The summed E-state index contributed by atoms with van der Waals surface area (Å²) < 4.78 is 9.41.